The molecule has 0 spiro atoms. The quantitative estimate of drug-likeness (QED) is 0.820. The average Bonchev–Trinajstić information content (AvgIpc) is 2.95. The molecule has 1 aromatic heterocycles. The molecule has 0 saturated carbocycles. The first-order valence-electron chi connectivity index (χ1n) is 8.03. The summed E-state index contributed by atoms with van der Waals surface area (Å²) in [6.45, 7) is 10.4. The molecule has 2 amide bonds. The molecule has 0 aliphatic heterocycles. The summed E-state index contributed by atoms with van der Waals surface area (Å²) in [6.07, 6.45) is 0. The van der Waals surface area contributed by atoms with Crippen molar-refractivity contribution in [1.82, 2.24) is 15.8 Å². The predicted molar refractivity (Wildman–Crippen MR) is 98.1 cm³/mol. The fourth-order valence-corrected chi connectivity index (χ4v) is 3.06. The number of rotatable bonds is 4. The highest BCUT2D eigenvalue weighted by molar-refractivity contribution is 7.14. The van der Waals surface area contributed by atoms with E-state index in [-0.39, 0.29) is 11.3 Å². The normalized spacial score (nSPS) is 11.1. The van der Waals surface area contributed by atoms with E-state index in [4.69, 9.17) is 4.74 Å². The zero-order valence-electron chi connectivity index (χ0n) is 15.1. The largest absolute Gasteiger partial charge is 0.494 e. The summed E-state index contributed by atoms with van der Waals surface area (Å²) in [5, 5.41) is 0.882. The molecule has 0 atom stereocenters. The maximum Gasteiger partial charge on any atom is 0.281 e. The van der Waals surface area contributed by atoms with Gasteiger partial charge in [-0.15, -0.1) is 11.3 Å². The van der Waals surface area contributed by atoms with Gasteiger partial charge in [-0.25, -0.2) is 4.98 Å². The minimum absolute atomic E-state index is 0.125. The van der Waals surface area contributed by atoms with Gasteiger partial charge in [-0.05, 0) is 38.1 Å². The fraction of sp³-hybridized carbons (Fsp3) is 0.389. The smallest absolute Gasteiger partial charge is 0.281 e. The van der Waals surface area contributed by atoms with Crippen molar-refractivity contribution in [3.05, 3.63) is 45.4 Å². The van der Waals surface area contributed by atoms with E-state index in [0.29, 0.717) is 28.5 Å². The number of hydrogen-bond donors (Lipinski definition) is 2. The Bertz CT molecular complexity index is 761. The van der Waals surface area contributed by atoms with E-state index in [0.717, 1.165) is 5.01 Å². The molecule has 1 heterocycles. The Morgan fingerprint density at radius 1 is 1.12 bits per heavy atom. The topological polar surface area (TPSA) is 80.3 Å². The Morgan fingerprint density at radius 3 is 2.24 bits per heavy atom. The molecule has 134 valence electrons. The lowest BCUT2D eigenvalue weighted by Gasteiger charge is -2.13. The molecule has 6 nitrogen and oxygen atoms in total. The fourth-order valence-electron chi connectivity index (χ4n) is 2.04. The first-order chi connectivity index (χ1) is 11.7. The van der Waals surface area contributed by atoms with Gasteiger partial charge in [-0.1, -0.05) is 20.8 Å². The highest BCUT2D eigenvalue weighted by atomic mass is 32.1. The lowest BCUT2D eigenvalue weighted by molar-refractivity contribution is 0.0848. The summed E-state index contributed by atoms with van der Waals surface area (Å²) < 4.78 is 5.33. The third-order valence-electron chi connectivity index (χ3n) is 3.36. The number of hydrazine groups is 1. The van der Waals surface area contributed by atoms with E-state index in [1.807, 2.05) is 27.7 Å². The Kier molecular flexibility index (Phi) is 5.79. The summed E-state index contributed by atoms with van der Waals surface area (Å²) >= 11 is 1.34. The second kappa shape index (κ2) is 7.65. The number of amides is 2. The van der Waals surface area contributed by atoms with E-state index in [1.54, 1.807) is 31.2 Å². The van der Waals surface area contributed by atoms with Crippen LogP contribution in [0.5, 0.6) is 5.75 Å². The zero-order valence-corrected chi connectivity index (χ0v) is 15.9. The van der Waals surface area contributed by atoms with Gasteiger partial charge in [0.05, 0.1) is 17.3 Å². The summed E-state index contributed by atoms with van der Waals surface area (Å²) in [7, 11) is 0. The van der Waals surface area contributed by atoms with Crippen LogP contribution in [0.4, 0.5) is 0 Å². The van der Waals surface area contributed by atoms with E-state index in [2.05, 4.69) is 15.8 Å². The highest BCUT2D eigenvalue weighted by Gasteiger charge is 2.23. The molecule has 0 fully saturated rings. The number of hydrogen-bond acceptors (Lipinski definition) is 5. The Morgan fingerprint density at radius 2 is 1.72 bits per heavy atom. The molecule has 1 aromatic carbocycles. The van der Waals surface area contributed by atoms with Crippen molar-refractivity contribution in [3.8, 4) is 5.75 Å². The number of thiazole rings is 1. The van der Waals surface area contributed by atoms with Crippen LogP contribution in [0.15, 0.2) is 24.3 Å². The van der Waals surface area contributed by atoms with Gasteiger partial charge in [0.15, 0.2) is 0 Å². The Balaban J connectivity index is 1.99. The number of ether oxygens (including phenoxy) is 1. The van der Waals surface area contributed by atoms with E-state index < -0.39 is 5.91 Å². The van der Waals surface area contributed by atoms with Gasteiger partial charge < -0.3 is 4.74 Å². The molecule has 0 aliphatic rings. The van der Waals surface area contributed by atoms with Crippen LogP contribution >= 0.6 is 11.3 Å². The van der Waals surface area contributed by atoms with Crippen LogP contribution in [0.2, 0.25) is 0 Å². The Labute approximate surface area is 151 Å². The first kappa shape index (κ1) is 18.9. The van der Waals surface area contributed by atoms with Crippen LogP contribution in [0.1, 0.15) is 58.4 Å². The number of aromatic nitrogens is 1. The Hall–Kier alpha value is -2.41. The van der Waals surface area contributed by atoms with Crippen LogP contribution < -0.4 is 15.6 Å². The first-order valence-corrected chi connectivity index (χ1v) is 8.85. The van der Waals surface area contributed by atoms with Crippen LogP contribution in [-0.4, -0.2) is 23.4 Å². The van der Waals surface area contributed by atoms with Crippen LogP contribution in [-0.2, 0) is 5.41 Å². The molecule has 0 bridgehead atoms. The van der Waals surface area contributed by atoms with Crippen LogP contribution in [0.3, 0.4) is 0 Å². The number of nitrogens with zero attached hydrogens (tertiary/aromatic N) is 1. The molecule has 2 aromatic rings. The maximum absolute atomic E-state index is 12.3. The van der Waals surface area contributed by atoms with Crippen molar-refractivity contribution < 1.29 is 14.3 Å². The molecule has 0 aliphatic carbocycles. The van der Waals surface area contributed by atoms with Gasteiger partial charge in [-0.3, -0.25) is 20.4 Å². The van der Waals surface area contributed by atoms with Gasteiger partial charge in [0, 0.05) is 11.0 Å². The van der Waals surface area contributed by atoms with Crippen molar-refractivity contribution in [3.63, 3.8) is 0 Å². The van der Waals surface area contributed by atoms with Gasteiger partial charge in [0.25, 0.3) is 11.8 Å². The summed E-state index contributed by atoms with van der Waals surface area (Å²) in [4.78, 5) is 29.4. The van der Waals surface area contributed by atoms with Crippen molar-refractivity contribution in [1.29, 1.82) is 0 Å². The number of carbonyl (C=O) groups is 2. The van der Waals surface area contributed by atoms with Crippen LogP contribution in [0, 0.1) is 6.92 Å². The van der Waals surface area contributed by atoms with Crippen molar-refractivity contribution in [2.75, 3.05) is 6.61 Å². The second-order valence-corrected chi connectivity index (χ2v) is 7.55. The molecular weight excluding hydrogens is 338 g/mol. The molecule has 0 saturated heterocycles. The van der Waals surface area contributed by atoms with Gasteiger partial charge in [0.1, 0.15) is 10.6 Å². The standard InChI is InChI=1S/C18H23N3O3S/c1-6-24-13-9-7-12(8-10-13)15(22)20-21-16(23)14-11(2)19-17(25-14)18(3,4)5/h7-10H,6H2,1-5H3,(H,20,22)(H,21,23). The summed E-state index contributed by atoms with van der Waals surface area (Å²) in [5.74, 6) is -0.0718. The minimum Gasteiger partial charge on any atom is -0.494 e. The number of benzene rings is 1. The third-order valence-corrected chi connectivity index (χ3v) is 4.94. The molecule has 0 unspecified atom stereocenters. The van der Waals surface area contributed by atoms with Gasteiger partial charge in [0.2, 0.25) is 0 Å². The van der Waals surface area contributed by atoms with Gasteiger partial charge >= 0.3 is 0 Å². The van der Waals surface area contributed by atoms with Crippen molar-refractivity contribution in [2.45, 2.75) is 40.0 Å². The summed E-state index contributed by atoms with van der Waals surface area (Å²) in [5.41, 5.74) is 5.83. The lowest BCUT2D eigenvalue weighted by Crippen LogP contribution is -2.41. The molecule has 2 N–H and O–H groups in total. The minimum atomic E-state index is -0.394. The number of aryl methyl sites for hydroxylation is 1. The predicted octanol–water partition coefficient (Wildman–Crippen LogP) is 3.22. The molecular formula is C18H23N3O3S. The number of nitrogens with one attached hydrogen (secondary N) is 2. The SMILES string of the molecule is CCOc1ccc(C(=O)NNC(=O)c2sc(C(C)(C)C)nc2C)cc1. The molecule has 2 rings (SSSR count). The molecule has 7 heteroatoms. The van der Waals surface area contributed by atoms with Crippen molar-refractivity contribution in [2.24, 2.45) is 0 Å². The second-order valence-electron chi connectivity index (χ2n) is 6.55. The van der Waals surface area contributed by atoms with Crippen LogP contribution in [0.25, 0.3) is 0 Å². The molecule has 0 radical (unpaired) electrons. The molecule has 25 heavy (non-hydrogen) atoms. The zero-order chi connectivity index (χ0) is 18.6. The van der Waals surface area contributed by atoms with Crippen molar-refractivity contribution >= 4 is 23.2 Å². The highest BCUT2D eigenvalue weighted by Crippen LogP contribution is 2.29. The summed E-state index contributed by atoms with van der Waals surface area (Å²) in [6, 6.07) is 6.70. The third kappa shape index (κ3) is 4.79. The van der Waals surface area contributed by atoms with E-state index in [9.17, 15) is 9.59 Å². The monoisotopic (exact) mass is 361 g/mol. The van der Waals surface area contributed by atoms with Gasteiger partial charge in [-0.2, -0.15) is 0 Å². The lowest BCUT2D eigenvalue weighted by atomic mass is 9.98. The average molecular weight is 361 g/mol. The van der Waals surface area contributed by atoms with E-state index >= 15 is 0 Å². The maximum atomic E-state index is 12.3. The number of carbonyl (C=O) groups excluding carboxylic acids is 2. The van der Waals surface area contributed by atoms with E-state index in [1.165, 1.54) is 11.3 Å².